The molecule has 2 aromatic rings. The number of β-amino-alcohol motifs (C(OH)–C–C–N with tert-alkyl or cyclic N) is 1. The highest BCUT2D eigenvalue weighted by Gasteiger charge is 2.33. The lowest BCUT2D eigenvalue weighted by Gasteiger charge is -2.42. The average Bonchev–Trinajstić information content (AvgIpc) is 3.28. The Balaban J connectivity index is 1.42. The van der Waals surface area contributed by atoms with Gasteiger partial charge in [-0.1, -0.05) is 17.4 Å². The molecule has 1 aromatic carbocycles. The highest BCUT2D eigenvalue weighted by molar-refractivity contribution is 7.16. The van der Waals surface area contributed by atoms with E-state index in [-0.39, 0.29) is 0 Å². The van der Waals surface area contributed by atoms with Crippen LogP contribution in [0.5, 0.6) is 5.75 Å². The van der Waals surface area contributed by atoms with Gasteiger partial charge < -0.3 is 9.84 Å². The van der Waals surface area contributed by atoms with Crippen molar-refractivity contribution in [2.45, 2.75) is 51.7 Å². The summed E-state index contributed by atoms with van der Waals surface area (Å²) >= 11 is 1.74. The van der Waals surface area contributed by atoms with Gasteiger partial charge in [-0.05, 0) is 45.4 Å². The standard InChI is InChI=1S/C23H31N5O2S/c1-15(2)27-13-24-14-28(27)22-25-21-18-9-16(17-10-26(11-17)12-23(3,4)29)5-6-19(18)30-8-7-20(21)31-22/h5-6,9,14-15,17,29H,7-8,10-13H2,1-4H3. The van der Waals surface area contributed by atoms with Gasteiger partial charge >= 0.3 is 0 Å². The second-order valence-electron chi connectivity index (χ2n) is 9.64. The number of aliphatic hydroxyl groups is 1. The highest BCUT2D eigenvalue weighted by atomic mass is 32.1. The quantitative estimate of drug-likeness (QED) is 0.768. The summed E-state index contributed by atoms with van der Waals surface area (Å²) < 4.78 is 6.06. The van der Waals surface area contributed by atoms with Gasteiger partial charge in [0, 0.05) is 48.5 Å². The molecule has 0 bridgehead atoms. The van der Waals surface area contributed by atoms with Crippen LogP contribution in [0.1, 0.15) is 44.1 Å². The van der Waals surface area contributed by atoms with E-state index in [1.807, 2.05) is 20.2 Å². The molecular weight excluding hydrogens is 410 g/mol. The first-order valence-corrected chi connectivity index (χ1v) is 11.9. The number of hydrazine groups is 1. The van der Waals surface area contributed by atoms with E-state index in [1.54, 1.807) is 11.3 Å². The fourth-order valence-corrected chi connectivity index (χ4v) is 5.58. The molecule has 5 rings (SSSR count). The minimum absolute atomic E-state index is 0.360. The monoisotopic (exact) mass is 441 g/mol. The number of hydrogen-bond acceptors (Lipinski definition) is 8. The predicted molar refractivity (Wildman–Crippen MR) is 125 cm³/mol. The van der Waals surface area contributed by atoms with Crippen LogP contribution in [-0.2, 0) is 6.42 Å². The van der Waals surface area contributed by atoms with E-state index < -0.39 is 5.60 Å². The molecule has 1 aromatic heterocycles. The van der Waals surface area contributed by atoms with Gasteiger partial charge in [-0.2, -0.15) is 5.01 Å². The number of rotatable bonds is 5. The normalized spacial score (nSPS) is 19.9. The molecule has 0 aliphatic carbocycles. The van der Waals surface area contributed by atoms with Crippen LogP contribution in [0.2, 0.25) is 0 Å². The molecule has 0 amide bonds. The zero-order chi connectivity index (χ0) is 21.8. The maximum atomic E-state index is 10.1. The Morgan fingerprint density at radius 2 is 2.10 bits per heavy atom. The van der Waals surface area contributed by atoms with E-state index in [1.165, 1.54) is 10.4 Å². The van der Waals surface area contributed by atoms with Crippen molar-refractivity contribution in [3.63, 3.8) is 0 Å². The van der Waals surface area contributed by atoms with Crippen LogP contribution >= 0.6 is 11.3 Å². The molecule has 4 heterocycles. The number of likely N-dealkylation sites (tertiary alicyclic amines) is 1. The number of nitrogens with zero attached hydrogens (tertiary/aromatic N) is 5. The third-order valence-corrected chi connectivity index (χ3v) is 7.16. The minimum Gasteiger partial charge on any atom is -0.493 e. The summed E-state index contributed by atoms with van der Waals surface area (Å²) in [5, 5.41) is 15.4. The topological polar surface area (TPSA) is 64.4 Å². The molecule has 0 radical (unpaired) electrons. The van der Waals surface area contributed by atoms with Gasteiger partial charge in [0.05, 0.1) is 17.9 Å². The molecule has 1 N–H and O–H groups in total. The smallest absolute Gasteiger partial charge is 0.206 e. The van der Waals surface area contributed by atoms with E-state index in [2.05, 4.69) is 52.0 Å². The lowest BCUT2D eigenvalue weighted by Crippen LogP contribution is -2.50. The van der Waals surface area contributed by atoms with E-state index in [9.17, 15) is 5.11 Å². The number of hydrogen-bond donors (Lipinski definition) is 1. The Kier molecular flexibility index (Phi) is 5.29. The molecular formula is C23H31N5O2S. The molecule has 0 atom stereocenters. The molecule has 31 heavy (non-hydrogen) atoms. The van der Waals surface area contributed by atoms with E-state index in [0.29, 0.717) is 31.8 Å². The Morgan fingerprint density at radius 3 is 2.84 bits per heavy atom. The van der Waals surface area contributed by atoms with Crippen molar-refractivity contribution in [2.24, 2.45) is 4.99 Å². The summed E-state index contributed by atoms with van der Waals surface area (Å²) in [6.07, 6.45) is 2.75. The van der Waals surface area contributed by atoms with Crippen molar-refractivity contribution in [1.29, 1.82) is 0 Å². The molecule has 7 nitrogen and oxygen atoms in total. The zero-order valence-electron chi connectivity index (χ0n) is 18.7. The van der Waals surface area contributed by atoms with Crippen LogP contribution < -0.4 is 9.75 Å². The van der Waals surface area contributed by atoms with Crippen molar-refractivity contribution < 1.29 is 9.84 Å². The van der Waals surface area contributed by atoms with Crippen molar-refractivity contribution in [3.05, 3.63) is 28.6 Å². The molecule has 0 saturated carbocycles. The van der Waals surface area contributed by atoms with Gasteiger partial charge in [0.2, 0.25) is 5.13 Å². The summed E-state index contributed by atoms with van der Waals surface area (Å²) in [5.74, 6) is 1.41. The largest absolute Gasteiger partial charge is 0.493 e. The minimum atomic E-state index is -0.652. The number of anilines is 1. The Morgan fingerprint density at radius 1 is 1.29 bits per heavy atom. The molecule has 8 heteroatoms. The summed E-state index contributed by atoms with van der Waals surface area (Å²) in [4.78, 5) is 13.1. The van der Waals surface area contributed by atoms with Gasteiger partial charge in [0.15, 0.2) is 0 Å². The first-order chi connectivity index (χ1) is 14.8. The molecule has 166 valence electrons. The van der Waals surface area contributed by atoms with Crippen LogP contribution in [0.15, 0.2) is 23.2 Å². The summed E-state index contributed by atoms with van der Waals surface area (Å²) in [7, 11) is 0. The van der Waals surface area contributed by atoms with Gasteiger partial charge in [0.1, 0.15) is 18.8 Å². The van der Waals surface area contributed by atoms with E-state index in [4.69, 9.17) is 9.72 Å². The third kappa shape index (κ3) is 4.09. The second-order valence-corrected chi connectivity index (χ2v) is 10.7. The first-order valence-electron chi connectivity index (χ1n) is 11.1. The van der Waals surface area contributed by atoms with Crippen molar-refractivity contribution in [2.75, 3.05) is 37.9 Å². The predicted octanol–water partition coefficient (Wildman–Crippen LogP) is 3.35. The lowest BCUT2D eigenvalue weighted by atomic mass is 9.88. The lowest BCUT2D eigenvalue weighted by molar-refractivity contribution is 0.00736. The number of aliphatic imine (C=N–C) groups is 1. The average molecular weight is 442 g/mol. The van der Waals surface area contributed by atoms with Gasteiger partial charge in [0.25, 0.3) is 0 Å². The number of ether oxygens (including phenoxy) is 1. The Hall–Kier alpha value is -2.00. The van der Waals surface area contributed by atoms with Crippen LogP contribution in [0, 0.1) is 0 Å². The highest BCUT2D eigenvalue weighted by Crippen LogP contribution is 2.42. The number of aromatic nitrogens is 1. The fraction of sp³-hybridized carbons (Fsp3) is 0.565. The van der Waals surface area contributed by atoms with Crippen LogP contribution in [-0.4, -0.2) is 70.9 Å². The number of thiazole rings is 1. The maximum absolute atomic E-state index is 10.1. The second kappa shape index (κ2) is 7.85. The molecule has 0 spiro atoms. The maximum Gasteiger partial charge on any atom is 0.206 e. The van der Waals surface area contributed by atoms with Crippen molar-refractivity contribution in [1.82, 2.24) is 14.9 Å². The fourth-order valence-electron chi connectivity index (χ4n) is 4.54. The first kappa shape index (κ1) is 20.9. The van der Waals surface area contributed by atoms with E-state index >= 15 is 0 Å². The van der Waals surface area contributed by atoms with Crippen LogP contribution in [0.25, 0.3) is 11.3 Å². The Labute approximate surface area is 187 Å². The number of fused-ring (bicyclic) bond motifs is 3. The molecule has 1 fully saturated rings. The van der Waals surface area contributed by atoms with Gasteiger partial charge in [-0.15, -0.1) is 0 Å². The third-order valence-electron chi connectivity index (χ3n) is 6.06. The van der Waals surface area contributed by atoms with E-state index in [0.717, 1.165) is 41.6 Å². The number of benzene rings is 1. The summed E-state index contributed by atoms with van der Waals surface area (Å²) in [5.41, 5.74) is 2.82. The molecule has 1 saturated heterocycles. The van der Waals surface area contributed by atoms with Gasteiger partial charge in [-0.25, -0.2) is 9.99 Å². The Bertz CT molecular complexity index is 990. The molecule has 0 unspecified atom stereocenters. The summed E-state index contributed by atoms with van der Waals surface area (Å²) in [6, 6.07) is 6.93. The van der Waals surface area contributed by atoms with Crippen molar-refractivity contribution in [3.8, 4) is 17.0 Å². The molecule has 3 aliphatic heterocycles. The SMILES string of the molecule is CC(C)N1CN=CN1c1nc2c(s1)CCOc1ccc(C3CN(CC(C)(C)O)C3)cc1-2. The van der Waals surface area contributed by atoms with Crippen molar-refractivity contribution >= 4 is 22.8 Å². The van der Waals surface area contributed by atoms with Gasteiger partial charge in [-0.3, -0.25) is 9.89 Å². The molecule has 3 aliphatic rings. The van der Waals surface area contributed by atoms with Crippen LogP contribution in [0.3, 0.4) is 0 Å². The van der Waals surface area contributed by atoms with Crippen LogP contribution in [0.4, 0.5) is 5.13 Å². The summed E-state index contributed by atoms with van der Waals surface area (Å²) in [6.45, 7) is 12.1. The zero-order valence-corrected chi connectivity index (χ0v) is 19.5.